The molecule has 0 aliphatic rings. The molecule has 1 aromatic carbocycles. The first-order valence-corrected chi connectivity index (χ1v) is 5.31. The van der Waals surface area contributed by atoms with Gasteiger partial charge in [-0.15, -0.1) is 0 Å². The lowest BCUT2D eigenvalue weighted by Crippen LogP contribution is -2.06. The molecule has 4 heteroatoms. The summed E-state index contributed by atoms with van der Waals surface area (Å²) in [5, 5.41) is 10.2. The monoisotopic (exact) mass is 232 g/mol. The van der Waals surface area contributed by atoms with Gasteiger partial charge in [0.25, 0.3) is 0 Å². The van der Waals surface area contributed by atoms with Crippen LogP contribution in [0, 0.1) is 19.7 Å². The fourth-order valence-corrected chi connectivity index (χ4v) is 1.69. The van der Waals surface area contributed by atoms with Crippen molar-refractivity contribution in [3.63, 3.8) is 0 Å². The number of aliphatic hydroxyl groups excluding tert-OH is 1. The van der Waals surface area contributed by atoms with Gasteiger partial charge >= 0.3 is 0 Å². The van der Waals surface area contributed by atoms with Gasteiger partial charge in [0.1, 0.15) is 17.7 Å². The highest BCUT2D eigenvalue weighted by Gasteiger charge is 2.15. The summed E-state index contributed by atoms with van der Waals surface area (Å²) in [6.07, 6.45) is 0.655. The van der Waals surface area contributed by atoms with E-state index in [4.69, 9.17) is 0 Å². The van der Waals surface area contributed by atoms with Crippen molar-refractivity contribution < 1.29 is 9.50 Å². The van der Waals surface area contributed by atoms with E-state index >= 15 is 0 Å². The van der Waals surface area contributed by atoms with Crippen LogP contribution in [0.15, 0.2) is 30.5 Å². The second-order valence-electron chi connectivity index (χ2n) is 3.93. The molecule has 0 fully saturated rings. The van der Waals surface area contributed by atoms with E-state index in [2.05, 4.69) is 9.97 Å². The van der Waals surface area contributed by atoms with E-state index in [0.29, 0.717) is 17.1 Å². The number of aromatic nitrogens is 2. The number of nitrogens with zero attached hydrogens (tertiary/aromatic N) is 2. The molecule has 0 spiro atoms. The maximum absolute atomic E-state index is 13.2. The summed E-state index contributed by atoms with van der Waals surface area (Å²) >= 11 is 0. The van der Waals surface area contributed by atoms with Crippen molar-refractivity contribution in [1.29, 1.82) is 0 Å². The first kappa shape index (κ1) is 11.7. The van der Waals surface area contributed by atoms with E-state index in [9.17, 15) is 9.50 Å². The molecule has 0 aliphatic carbocycles. The van der Waals surface area contributed by atoms with Gasteiger partial charge in [-0.05, 0) is 43.2 Å². The normalized spacial score (nSPS) is 12.5. The van der Waals surface area contributed by atoms with Gasteiger partial charge in [0.15, 0.2) is 0 Å². The van der Waals surface area contributed by atoms with Crippen LogP contribution in [-0.4, -0.2) is 15.1 Å². The van der Waals surface area contributed by atoms with Crippen molar-refractivity contribution in [2.75, 3.05) is 0 Å². The van der Waals surface area contributed by atoms with Crippen LogP contribution < -0.4 is 0 Å². The Kier molecular flexibility index (Phi) is 3.15. The summed E-state index contributed by atoms with van der Waals surface area (Å²) in [5.41, 5.74) is 1.84. The number of aryl methyl sites for hydroxylation is 2. The number of halogens is 1. The topological polar surface area (TPSA) is 46.0 Å². The number of benzene rings is 1. The van der Waals surface area contributed by atoms with Crippen LogP contribution in [0.4, 0.5) is 4.39 Å². The summed E-state index contributed by atoms with van der Waals surface area (Å²) in [6.45, 7) is 3.57. The minimum Gasteiger partial charge on any atom is -0.382 e. The Hall–Kier alpha value is -1.81. The second-order valence-corrected chi connectivity index (χ2v) is 3.93. The molecular weight excluding hydrogens is 219 g/mol. The van der Waals surface area contributed by atoms with Crippen LogP contribution in [0.5, 0.6) is 0 Å². The summed E-state index contributed by atoms with van der Waals surface area (Å²) in [4.78, 5) is 8.10. The third-order valence-electron chi connectivity index (χ3n) is 2.61. The van der Waals surface area contributed by atoms with Crippen LogP contribution in [0.1, 0.15) is 28.7 Å². The summed E-state index contributed by atoms with van der Waals surface area (Å²) < 4.78 is 13.2. The third-order valence-corrected chi connectivity index (χ3v) is 2.61. The van der Waals surface area contributed by atoms with E-state index in [-0.39, 0.29) is 5.82 Å². The molecule has 1 unspecified atom stereocenters. The highest BCUT2D eigenvalue weighted by molar-refractivity contribution is 5.33. The first-order chi connectivity index (χ1) is 8.08. The Balaban J connectivity index is 2.43. The largest absolute Gasteiger partial charge is 0.382 e. The maximum atomic E-state index is 13.2. The molecule has 0 radical (unpaired) electrons. The zero-order chi connectivity index (χ0) is 12.4. The molecule has 1 heterocycles. The van der Waals surface area contributed by atoms with Gasteiger partial charge in [-0.25, -0.2) is 14.4 Å². The van der Waals surface area contributed by atoms with E-state index in [1.807, 2.05) is 6.92 Å². The summed E-state index contributed by atoms with van der Waals surface area (Å²) in [7, 11) is 0. The zero-order valence-corrected chi connectivity index (χ0v) is 9.68. The van der Waals surface area contributed by atoms with E-state index in [1.165, 1.54) is 12.1 Å². The summed E-state index contributed by atoms with van der Waals surface area (Å²) in [5.74, 6) is 0.214. The molecule has 17 heavy (non-hydrogen) atoms. The Bertz CT molecular complexity index is 543. The molecule has 0 saturated heterocycles. The molecule has 3 nitrogen and oxygen atoms in total. The van der Waals surface area contributed by atoms with Gasteiger partial charge in [0, 0.05) is 6.20 Å². The van der Waals surface area contributed by atoms with Crippen molar-refractivity contribution in [2.24, 2.45) is 0 Å². The van der Waals surface area contributed by atoms with E-state index in [0.717, 1.165) is 5.56 Å². The van der Waals surface area contributed by atoms with Gasteiger partial charge in [-0.2, -0.15) is 0 Å². The number of hydrogen-bond donors (Lipinski definition) is 1. The molecule has 1 N–H and O–H groups in total. The van der Waals surface area contributed by atoms with Crippen molar-refractivity contribution in [2.45, 2.75) is 20.0 Å². The van der Waals surface area contributed by atoms with Crippen molar-refractivity contribution >= 4 is 0 Å². The number of hydrogen-bond acceptors (Lipinski definition) is 3. The second kappa shape index (κ2) is 4.59. The van der Waals surface area contributed by atoms with Gasteiger partial charge in [-0.3, -0.25) is 0 Å². The average Bonchev–Trinajstić information content (AvgIpc) is 2.31. The van der Waals surface area contributed by atoms with Gasteiger partial charge in [-0.1, -0.05) is 6.07 Å². The fraction of sp³-hybridized carbons (Fsp3) is 0.231. The molecule has 0 saturated carbocycles. The summed E-state index contributed by atoms with van der Waals surface area (Å²) in [6, 6.07) is 5.97. The molecule has 0 bridgehead atoms. The van der Waals surface area contributed by atoms with E-state index < -0.39 is 6.10 Å². The van der Waals surface area contributed by atoms with Crippen LogP contribution in [-0.2, 0) is 0 Å². The maximum Gasteiger partial charge on any atom is 0.125 e. The molecule has 1 atom stereocenters. The van der Waals surface area contributed by atoms with Crippen LogP contribution >= 0.6 is 0 Å². The average molecular weight is 232 g/mol. The molecular formula is C13H13FN2O. The lowest BCUT2D eigenvalue weighted by Gasteiger charge is -2.13. The highest BCUT2D eigenvalue weighted by Crippen LogP contribution is 2.23. The molecule has 2 aromatic rings. The molecule has 2 rings (SSSR count). The van der Waals surface area contributed by atoms with Crippen LogP contribution in [0.25, 0.3) is 0 Å². The minimum absolute atomic E-state index is 0.365. The quantitative estimate of drug-likeness (QED) is 0.864. The Morgan fingerprint density at radius 2 is 2.00 bits per heavy atom. The SMILES string of the molecule is Cc1nccc(C(O)c2cc(F)ccc2C)n1. The number of rotatable bonds is 2. The highest BCUT2D eigenvalue weighted by atomic mass is 19.1. The van der Waals surface area contributed by atoms with Gasteiger partial charge < -0.3 is 5.11 Å². The standard InChI is InChI=1S/C13H13FN2O/c1-8-3-4-10(14)7-11(8)13(17)12-5-6-15-9(2)16-12/h3-7,13,17H,1-2H3. The predicted molar refractivity (Wildman–Crippen MR) is 62.0 cm³/mol. The number of aliphatic hydroxyl groups is 1. The van der Waals surface area contributed by atoms with Crippen LogP contribution in [0.3, 0.4) is 0 Å². The van der Waals surface area contributed by atoms with Crippen LogP contribution in [0.2, 0.25) is 0 Å². The lowest BCUT2D eigenvalue weighted by molar-refractivity contribution is 0.213. The van der Waals surface area contributed by atoms with E-state index in [1.54, 1.807) is 25.3 Å². The predicted octanol–water partition coefficient (Wildman–Crippen LogP) is 2.31. The minimum atomic E-state index is -0.924. The third kappa shape index (κ3) is 2.47. The van der Waals surface area contributed by atoms with Crippen molar-refractivity contribution in [3.8, 4) is 0 Å². The Labute approximate surface area is 99.0 Å². The molecule has 0 amide bonds. The molecule has 88 valence electrons. The lowest BCUT2D eigenvalue weighted by atomic mass is 10.0. The van der Waals surface area contributed by atoms with Gasteiger partial charge in [0.05, 0.1) is 5.69 Å². The Morgan fingerprint density at radius 1 is 1.24 bits per heavy atom. The van der Waals surface area contributed by atoms with Crippen molar-refractivity contribution in [3.05, 3.63) is 58.9 Å². The fourth-order valence-electron chi connectivity index (χ4n) is 1.69. The van der Waals surface area contributed by atoms with Gasteiger partial charge in [0.2, 0.25) is 0 Å². The zero-order valence-electron chi connectivity index (χ0n) is 9.68. The molecule has 1 aromatic heterocycles. The first-order valence-electron chi connectivity index (χ1n) is 5.31. The Morgan fingerprint density at radius 3 is 2.71 bits per heavy atom. The molecule has 0 aliphatic heterocycles. The van der Waals surface area contributed by atoms with Crippen molar-refractivity contribution in [1.82, 2.24) is 9.97 Å². The smallest absolute Gasteiger partial charge is 0.125 e.